The second kappa shape index (κ2) is 7.68. The summed E-state index contributed by atoms with van der Waals surface area (Å²) in [6.07, 6.45) is 0. The largest absolute Gasteiger partial charge is 0.351 e. The van der Waals surface area contributed by atoms with Crippen LogP contribution in [-0.4, -0.2) is 38.3 Å². The predicted molar refractivity (Wildman–Crippen MR) is 106 cm³/mol. The van der Waals surface area contributed by atoms with E-state index < -0.39 is 0 Å². The third kappa shape index (κ3) is 4.99. The van der Waals surface area contributed by atoms with Crippen molar-refractivity contribution in [3.8, 4) is 0 Å². The summed E-state index contributed by atoms with van der Waals surface area (Å²) in [5.74, 6) is -0.139. The lowest BCUT2D eigenvalue weighted by Crippen LogP contribution is -2.41. The molecule has 0 fully saturated rings. The van der Waals surface area contributed by atoms with Crippen molar-refractivity contribution < 1.29 is 9.59 Å². The number of thioether (sulfide) groups is 1. The Morgan fingerprint density at radius 3 is 2.65 bits per heavy atom. The van der Waals surface area contributed by atoms with Crippen molar-refractivity contribution in [2.24, 2.45) is 0 Å². The lowest BCUT2D eigenvalue weighted by atomic mass is 10.1. The molecule has 0 aliphatic rings. The summed E-state index contributed by atoms with van der Waals surface area (Å²) >= 11 is 3.84. The molecular weight excluding hydrogens is 390 g/mol. The molecule has 0 atom stereocenters. The van der Waals surface area contributed by atoms with Crippen molar-refractivity contribution in [2.45, 2.75) is 30.6 Å². The topological polar surface area (TPSA) is 96.9 Å². The van der Waals surface area contributed by atoms with Crippen molar-refractivity contribution >= 4 is 61.6 Å². The first-order chi connectivity index (χ1) is 12.3. The van der Waals surface area contributed by atoms with Crippen LogP contribution in [0.15, 0.2) is 28.6 Å². The molecule has 136 valence electrons. The van der Waals surface area contributed by atoms with Gasteiger partial charge in [0, 0.05) is 5.54 Å². The van der Waals surface area contributed by atoms with Gasteiger partial charge < -0.3 is 5.32 Å². The molecule has 2 heterocycles. The molecule has 2 N–H and O–H groups in total. The Morgan fingerprint density at radius 1 is 1.15 bits per heavy atom. The first-order valence-corrected chi connectivity index (χ1v) is 10.4. The molecule has 0 unspecified atom stereocenters. The van der Waals surface area contributed by atoms with E-state index in [-0.39, 0.29) is 23.1 Å². The summed E-state index contributed by atoms with van der Waals surface area (Å²) in [5, 5.41) is 14.3. The Bertz CT molecular complexity index is 912. The van der Waals surface area contributed by atoms with Gasteiger partial charge in [-0.3, -0.25) is 14.9 Å². The van der Waals surface area contributed by atoms with Crippen molar-refractivity contribution in [1.29, 1.82) is 0 Å². The summed E-state index contributed by atoms with van der Waals surface area (Å²) in [4.78, 5) is 28.5. The highest BCUT2D eigenvalue weighted by Gasteiger charge is 2.17. The fourth-order valence-corrected chi connectivity index (χ4v) is 4.43. The second-order valence-electron chi connectivity index (χ2n) is 6.40. The first-order valence-electron chi connectivity index (χ1n) is 7.74. The monoisotopic (exact) mass is 407 g/mol. The quantitative estimate of drug-likeness (QED) is 0.497. The van der Waals surface area contributed by atoms with E-state index in [2.05, 4.69) is 25.8 Å². The van der Waals surface area contributed by atoms with Crippen LogP contribution in [0.5, 0.6) is 0 Å². The Hall–Kier alpha value is -2.04. The number of anilines is 1. The summed E-state index contributed by atoms with van der Waals surface area (Å²) in [6.45, 7) is 5.78. The van der Waals surface area contributed by atoms with Crippen LogP contribution in [-0.2, 0) is 4.79 Å². The first kappa shape index (κ1) is 18.7. The number of nitrogens with one attached hydrogen (secondary N) is 2. The van der Waals surface area contributed by atoms with Crippen LogP contribution < -0.4 is 10.6 Å². The van der Waals surface area contributed by atoms with Gasteiger partial charge in [-0.1, -0.05) is 35.2 Å². The molecule has 0 spiro atoms. The van der Waals surface area contributed by atoms with Crippen molar-refractivity contribution in [3.05, 3.63) is 29.3 Å². The number of hydrogen-bond acceptors (Lipinski definition) is 8. The molecule has 0 radical (unpaired) electrons. The van der Waals surface area contributed by atoms with Crippen molar-refractivity contribution in [1.82, 2.24) is 20.5 Å². The van der Waals surface area contributed by atoms with E-state index in [1.807, 2.05) is 45.0 Å². The van der Waals surface area contributed by atoms with Crippen LogP contribution in [0.3, 0.4) is 0 Å². The molecule has 1 aromatic carbocycles. The molecule has 3 rings (SSSR count). The lowest BCUT2D eigenvalue weighted by molar-refractivity contribution is -0.119. The number of amides is 2. The highest BCUT2D eigenvalue weighted by atomic mass is 32.2. The molecule has 10 heteroatoms. The number of fused-ring (bicyclic) bond motifs is 1. The summed E-state index contributed by atoms with van der Waals surface area (Å²) in [5.41, 5.74) is 0.524. The van der Waals surface area contributed by atoms with Gasteiger partial charge in [0.1, 0.15) is 0 Å². The molecule has 7 nitrogen and oxygen atoms in total. The Kier molecular flexibility index (Phi) is 5.54. The maximum absolute atomic E-state index is 12.3. The minimum Gasteiger partial charge on any atom is -0.351 e. The number of carbonyl (C=O) groups excluding carboxylic acids is 2. The van der Waals surface area contributed by atoms with Crippen LogP contribution in [0.4, 0.5) is 5.13 Å². The number of aromatic nitrogens is 3. The van der Waals surface area contributed by atoms with Crippen molar-refractivity contribution in [3.63, 3.8) is 0 Å². The normalized spacial score (nSPS) is 11.5. The van der Waals surface area contributed by atoms with E-state index in [9.17, 15) is 9.59 Å². The Morgan fingerprint density at radius 2 is 1.92 bits per heavy atom. The number of rotatable bonds is 5. The molecule has 0 saturated carbocycles. The van der Waals surface area contributed by atoms with Gasteiger partial charge in [-0.2, -0.15) is 0 Å². The second-order valence-corrected chi connectivity index (χ2v) is 9.63. The molecule has 26 heavy (non-hydrogen) atoms. The fourth-order valence-electron chi connectivity index (χ4n) is 2.02. The molecular formula is C16H17N5O2S3. The fraction of sp³-hybridized carbons (Fsp3) is 0.312. The van der Waals surface area contributed by atoms with Gasteiger partial charge in [-0.15, -0.1) is 21.5 Å². The minimum absolute atomic E-state index is 0.0715. The summed E-state index contributed by atoms with van der Waals surface area (Å²) in [6, 6.07) is 7.58. The number of hydrogen-bond donors (Lipinski definition) is 2. The zero-order chi connectivity index (χ0) is 18.7. The Balaban J connectivity index is 1.57. The van der Waals surface area contributed by atoms with Gasteiger partial charge in [0.05, 0.1) is 16.0 Å². The molecule has 0 aliphatic carbocycles. The SMILES string of the molecule is CC(C)(C)NC(=O)CSc1nnc(NC(=O)c2nc3ccccc3s2)s1. The highest BCUT2D eigenvalue weighted by Crippen LogP contribution is 2.27. The van der Waals surface area contributed by atoms with E-state index in [1.54, 1.807) is 0 Å². The molecule has 0 bridgehead atoms. The van der Waals surface area contributed by atoms with E-state index in [1.165, 1.54) is 34.4 Å². The number of benzene rings is 1. The van der Waals surface area contributed by atoms with Gasteiger partial charge in [-0.05, 0) is 32.9 Å². The van der Waals surface area contributed by atoms with Gasteiger partial charge in [0.15, 0.2) is 9.35 Å². The number of nitrogens with zero attached hydrogens (tertiary/aromatic N) is 3. The average Bonchev–Trinajstić information content (AvgIpc) is 3.17. The third-order valence-corrected chi connectivity index (χ3v) is 5.96. The average molecular weight is 408 g/mol. The van der Waals surface area contributed by atoms with Gasteiger partial charge in [-0.25, -0.2) is 4.98 Å². The standard InChI is InChI=1S/C16H17N5O2S3/c1-16(2,3)19-11(22)8-24-15-21-20-14(26-15)18-12(23)13-17-9-6-4-5-7-10(9)25-13/h4-7H,8H2,1-3H3,(H,19,22)(H,18,20,23). The summed E-state index contributed by atoms with van der Waals surface area (Å²) in [7, 11) is 0. The zero-order valence-electron chi connectivity index (χ0n) is 14.4. The third-order valence-electron chi connectivity index (χ3n) is 2.96. The van der Waals surface area contributed by atoms with E-state index >= 15 is 0 Å². The molecule has 0 saturated heterocycles. The smallest absolute Gasteiger partial charge is 0.286 e. The van der Waals surface area contributed by atoms with Crippen LogP contribution in [0.25, 0.3) is 10.2 Å². The maximum Gasteiger partial charge on any atom is 0.286 e. The highest BCUT2D eigenvalue weighted by molar-refractivity contribution is 8.01. The zero-order valence-corrected chi connectivity index (χ0v) is 16.8. The van der Waals surface area contributed by atoms with Crippen LogP contribution >= 0.6 is 34.4 Å². The van der Waals surface area contributed by atoms with Gasteiger partial charge in [0.25, 0.3) is 5.91 Å². The molecule has 2 amide bonds. The molecule has 2 aromatic heterocycles. The number of para-hydroxylation sites is 1. The van der Waals surface area contributed by atoms with Crippen molar-refractivity contribution in [2.75, 3.05) is 11.1 Å². The molecule has 3 aromatic rings. The van der Waals surface area contributed by atoms with E-state index in [4.69, 9.17) is 0 Å². The lowest BCUT2D eigenvalue weighted by Gasteiger charge is -2.19. The van der Waals surface area contributed by atoms with E-state index in [0.29, 0.717) is 14.5 Å². The van der Waals surface area contributed by atoms with Crippen LogP contribution in [0.2, 0.25) is 0 Å². The summed E-state index contributed by atoms with van der Waals surface area (Å²) < 4.78 is 1.57. The predicted octanol–water partition coefficient (Wildman–Crippen LogP) is 3.41. The molecule has 0 aliphatic heterocycles. The number of carbonyl (C=O) groups is 2. The van der Waals surface area contributed by atoms with Crippen LogP contribution in [0, 0.1) is 0 Å². The minimum atomic E-state index is -0.315. The maximum atomic E-state index is 12.3. The van der Waals surface area contributed by atoms with Crippen LogP contribution in [0.1, 0.15) is 30.6 Å². The number of thiazole rings is 1. The Labute approximate surface area is 162 Å². The van der Waals surface area contributed by atoms with Gasteiger partial charge >= 0.3 is 0 Å². The van der Waals surface area contributed by atoms with E-state index in [0.717, 1.165) is 10.2 Å². The van der Waals surface area contributed by atoms with Gasteiger partial charge in [0.2, 0.25) is 11.0 Å².